The van der Waals surface area contributed by atoms with Crippen molar-refractivity contribution in [2.24, 2.45) is 0 Å². The lowest BCUT2D eigenvalue weighted by Gasteiger charge is -2.07. The van der Waals surface area contributed by atoms with Gasteiger partial charge in [-0.25, -0.2) is 0 Å². The van der Waals surface area contributed by atoms with Crippen LogP contribution in [-0.2, 0) is 6.18 Å². The highest BCUT2D eigenvalue weighted by molar-refractivity contribution is 6.32. The van der Waals surface area contributed by atoms with E-state index in [1.54, 1.807) is 24.3 Å². The summed E-state index contributed by atoms with van der Waals surface area (Å²) in [7, 11) is 0. The standard InChI is InChI=1S/C8H5F3O.C7H5ClO/c9-8(10,11)7-4-2-1-3-6(7)5-12;8-7-4-2-1-3-6(7)5-9/h1-5H;1-5H. The van der Waals surface area contributed by atoms with Gasteiger partial charge in [0, 0.05) is 11.1 Å². The predicted octanol–water partition coefficient (Wildman–Crippen LogP) is 4.67. The second-order valence-corrected chi connectivity index (χ2v) is 4.25. The number of carbonyl (C=O) groups excluding carboxylic acids is 2. The molecule has 2 aromatic carbocycles. The molecule has 0 spiro atoms. The molecule has 0 radical (unpaired) electrons. The van der Waals surface area contributed by atoms with Crippen molar-refractivity contribution in [2.75, 3.05) is 0 Å². The van der Waals surface area contributed by atoms with Gasteiger partial charge in [-0.05, 0) is 12.1 Å². The first-order chi connectivity index (χ1) is 9.90. The Bertz CT molecular complexity index is 624. The molecule has 0 bridgehead atoms. The van der Waals surface area contributed by atoms with E-state index in [-0.39, 0.29) is 11.8 Å². The molecule has 0 aliphatic carbocycles. The van der Waals surface area contributed by atoms with Crippen LogP contribution in [0, 0.1) is 0 Å². The fraction of sp³-hybridized carbons (Fsp3) is 0.0667. The topological polar surface area (TPSA) is 34.1 Å². The summed E-state index contributed by atoms with van der Waals surface area (Å²) < 4.78 is 36.2. The fourth-order valence-electron chi connectivity index (χ4n) is 1.43. The number of aldehydes is 2. The SMILES string of the molecule is O=Cc1ccccc1C(F)(F)F.O=Cc1ccccc1Cl. The molecule has 0 unspecified atom stereocenters. The van der Waals surface area contributed by atoms with Crippen molar-refractivity contribution in [1.82, 2.24) is 0 Å². The smallest absolute Gasteiger partial charge is 0.298 e. The van der Waals surface area contributed by atoms with Crippen LogP contribution in [-0.4, -0.2) is 12.6 Å². The van der Waals surface area contributed by atoms with E-state index in [1.165, 1.54) is 12.1 Å². The molecular formula is C15H10ClF3O2. The van der Waals surface area contributed by atoms with Crippen molar-refractivity contribution in [2.45, 2.75) is 6.18 Å². The summed E-state index contributed by atoms with van der Waals surface area (Å²) in [5.41, 5.74) is -0.677. The van der Waals surface area contributed by atoms with Gasteiger partial charge in [-0.15, -0.1) is 0 Å². The lowest BCUT2D eigenvalue weighted by molar-refractivity contribution is -0.137. The molecule has 0 heterocycles. The van der Waals surface area contributed by atoms with Gasteiger partial charge in [-0.2, -0.15) is 13.2 Å². The second-order valence-electron chi connectivity index (χ2n) is 3.84. The summed E-state index contributed by atoms with van der Waals surface area (Å²) in [5.74, 6) is 0. The monoisotopic (exact) mass is 314 g/mol. The molecule has 0 fully saturated rings. The lowest BCUT2D eigenvalue weighted by atomic mass is 10.1. The molecule has 0 aromatic heterocycles. The summed E-state index contributed by atoms with van der Waals surface area (Å²) in [5, 5.41) is 0.507. The molecule has 0 aliphatic heterocycles. The first-order valence-electron chi connectivity index (χ1n) is 5.71. The van der Waals surface area contributed by atoms with Gasteiger partial charge in [0.15, 0.2) is 12.6 Å². The van der Waals surface area contributed by atoms with Gasteiger partial charge in [0.05, 0.1) is 10.6 Å². The highest BCUT2D eigenvalue weighted by Crippen LogP contribution is 2.30. The third-order valence-electron chi connectivity index (χ3n) is 2.43. The summed E-state index contributed by atoms with van der Waals surface area (Å²) >= 11 is 5.59. The van der Waals surface area contributed by atoms with Gasteiger partial charge in [0.1, 0.15) is 0 Å². The Morgan fingerprint density at radius 3 is 1.67 bits per heavy atom. The highest BCUT2D eigenvalue weighted by Gasteiger charge is 2.32. The Morgan fingerprint density at radius 1 is 0.810 bits per heavy atom. The number of hydrogen-bond acceptors (Lipinski definition) is 2. The lowest BCUT2D eigenvalue weighted by Crippen LogP contribution is -2.08. The van der Waals surface area contributed by atoms with E-state index in [1.807, 2.05) is 0 Å². The zero-order valence-corrected chi connectivity index (χ0v) is 11.4. The van der Waals surface area contributed by atoms with E-state index < -0.39 is 11.7 Å². The van der Waals surface area contributed by atoms with Crippen LogP contribution in [0.15, 0.2) is 48.5 Å². The first kappa shape index (κ1) is 16.9. The number of halogens is 4. The van der Waals surface area contributed by atoms with Crippen LogP contribution in [0.2, 0.25) is 5.02 Å². The average molecular weight is 315 g/mol. The van der Waals surface area contributed by atoms with Gasteiger partial charge in [-0.1, -0.05) is 48.0 Å². The van der Waals surface area contributed by atoms with Gasteiger partial charge < -0.3 is 0 Å². The molecular weight excluding hydrogens is 305 g/mol. The minimum Gasteiger partial charge on any atom is -0.298 e. The maximum absolute atomic E-state index is 12.1. The molecule has 0 atom stereocenters. The molecule has 0 saturated carbocycles. The van der Waals surface area contributed by atoms with Crippen LogP contribution in [0.4, 0.5) is 13.2 Å². The fourth-order valence-corrected chi connectivity index (χ4v) is 1.61. The Morgan fingerprint density at radius 2 is 1.29 bits per heavy atom. The minimum absolute atomic E-state index is 0.197. The third-order valence-corrected chi connectivity index (χ3v) is 2.77. The van der Waals surface area contributed by atoms with Crippen LogP contribution < -0.4 is 0 Å². The van der Waals surface area contributed by atoms with E-state index in [2.05, 4.69) is 0 Å². The Balaban J connectivity index is 0.000000219. The average Bonchev–Trinajstić information content (AvgIpc) is 2.47. The maximum atomic E-state index is 12.1. The van der Waals surface area contributed by atoms with Gasteiger partial charge >= 0.3 is 6.18 Å². The molecule has 21 heavy (non-hydrogen) atoms. The van der Waals surface area contributed by atoms with Crippen molar-refractivity contribution in [3.05, 3.63) is 70.2 Å². The Hall–Kier alpha value is -2.14. The van der Waals surface area contributed by atoms with Crippen LogP contribution in [0.5, 0.6) is 0 Å². The number of rotatable bonds is 2. The molecule has 6 heteroatoms. The van der Waals surface area contributed by atoms with E-state index in [0.717, 1.165) is 18.4 Å². The van der Waals surface area contributed by atoms with Gasteiger partial charge in [-0.3, -0.25) is 9.59 Å². The van der Waals surface area contributed by atoms with Crippen LogP contribution >= 0.6 is 11.6 Å². The summed E-state index contributed by atoms with van der Waals surface area (Å²) in [4.78, 5) is 20.3. The van der Waals surface area contributed by atoms with Crippen molar-refractivity contribution in [3.63, 3.8) is 0 Å². The first-order valence-corrected chi connectivity index (χ1v) is 6.09. The molecule has 2 rings (SSSR count). The van der Waals surface area contributed by atoms with Crippen LogP contribution in [0.1, 0.15) is 26.3 Å². The van der Waals surface area contributed by atoms with Crippen molar-refractivity contribution < 1.29 is 22.8 Å². The number of alkyl halides is 3. The Labute approximate surface area is 124 Å². The number of carbonyl (C=O) groups is 2. The normalized spacial score (nSPS) is 10.3. The van der Waals surface area contributed by atoms with E-state index in [4.69, 9.17) is 11.6 Å². The number of hydrogen-bond donors (Lipinski definition) is 0. The molecule has 0 N–H and O–H groups in total. The van der Waals surface area contributed by atoms with Gasteiger partial charge in [0.25, 0.3) is 0 Å². The zero-order chi connectivity index (χ0) is 15.9. The number of benzene rings is 2. The van der Waals surface area contributed by atoms with Crippen LogP contribution in [0.3, 0.4) is 0 Å². The summed E-state index contributed by atoms with van der Waals surface area (Å²) in [6.45, 7) is 0. The van der Waals surface area contributed by atoms with Crippen molar-refractivity contribution in [3.8, 4) is 0 Å². The Kier molecular flexibility index (Phi) is 6.11. The highest BCUT2D eigenvalue weighted by atomic mass is 35.5. The maximum Gasteiger partial charge on any atom is 0.417 e. The summed E-state index contributed by atoms with van der Waals surface area (Å²) in [6.07, 6.45) is -3.51. The molecule has 2 nitrogen and oxygen atoms in total. The molecule has 2 aromatic rings. The predicted molar refractivity (Wildman–Crippen MR) is 73.7 cm³/mol. The van der Waals surface area contributed by atoms with Crippen molar-refractivity contribution in [1.29, 1.82) is 0 Å². The zero-order valence-electron chi connectivity index (χ0n) is 10.6. The molecule has 0 amide bonds. The van der Waals surface area contributed by atoms with E-state index in [0.29, 0.717) is 10.6 Å². The quantitative estimate of drug-likeness (QED) is 0.755. The van der Waals surface area contributed by atoms with Crippen molar-refractivity contribution >= 4 is 24.2 Å². The van der Waals surface area contributed by atoms with E-state index >= 15 is 0 Å². The third kappa shape index (κ3) is 5.04. The minimum atomic E-state index is -4.45. The van der Waals surface area contributed by atoms with Gasteiger partial charge in [0.2, 0.25) is 0 Å². The molecule has 0 saturated heterocycles. The molecule has 110 valence electrons. The molecule has 0 aliphatic rings. The van der Waals surface area contributed by atoms with Crippen LogP contribution in [0.25, 0.3) is 0 Å². The largest absolute Gasteiger partial charge is 0.417 e. The summed E-state index contributed by atoms with van der Waals surface area (Å²) in [6, 6.07) is 11.6. The second kappa shape index (κ2) is 7.59. The van der Waals surface area contributed by atoms with E-state index in [9.17, 15) is 22.8 Å².